The maximum atomic E-state index is 12.6. The van der Waals surface area contributed by atoms with E-state index >= 15 is 0 Å². The number of carboxylic acid groups (broad SMARTS) is 1. The summed E-state index contributed by atoms with van der Waals surface area (Å²) in [4.78, 5) is 10.9. The van der Waals surface area contributed by atoms with Crippen LogP contribution in [-0.4, -0.2) is 36.4 Å². The lowest BCUT2D eigenvalue weighted by atomic mass is 10.1. The van der Waals surface area contributed by atoms with Gasteiger partial charge in [0.1, 0.15) is 0 Å². The fourth-order valence-electron chi connectivity index (χ4n) is 1.87. The summed E-state index contributed by atoms with van der Waals surface area (Å²) in [7, 11) is -3.67. The summed E-state index contributed by atoms with van der Waals surface area (Å²) >= 11 is 0. The van der Waals surface area contributed by atoms with Crippen molar-refractivity contribution in [3.8, 4) is 0 Å². The van der Waals surface area contributed by atoms with E-state index in [2.05, 4.69) is 0 Å². The van der Waals surface area contributed by atoms with Gasteiger partial charge in [0.2, 0.25) is 10.0 Å². The van der Waals surface area contributed by atoms with Crippen molar-refractivity contribution in [1.82, 2.24) is 4.31 Å². The molecule has 0 aliphatic heterocycles. The van der Waals surface area contributed by atoms with Crippen molar-refractivity contribution in [2.24, 2.45) is 0 Å². The van der Waals surface area contributed by atoms with Gasteiger partial charge in [-0.15, -0.1) is 0 Å². The number of hydrogen-bond donors (Lipinski definition) is 1. The molecule has 112 valence electrons. The van der Waals surface area contributed by atoms with Gasteiger partial charge in [0, 0.05) is 12.6 Å². The molecule has 20 heavy (non-hydrogen) atoms. The van der Waals surface area contributed by atoms with E-state index in [1.165, 1.54) is 4.31 Å². The van der Waals surface area contributed by atoms with Crippen LogP contribution < -0.4 is 0 Å². The number of hydrogen-bond acceptors (Lipinski definition) is 3. The van der Waals surface area contributed by atoms with Gasteiger partial charge >= 0.3 is 5.97 Å². The van der Waals surface area contributed by atoms with Crippen LogP contribution in [0.4, 0.5) is 0 Å². The molecule has 6 heteroatoms. The largest absolute Gasteiger partial charge is 0.481 e. The van der Waals surface area contributed by atoms with E-state index in [-0.39, 0.29) is 23.9 Å². The van der Waals surface area contributed by atoms with E-state index in [4.69, 9.17) is 5.11 Å². The van der Waals surface area contributed by atoms with E-state index < -0.39 is 16.0 Å². The molecule has 1 aromatic carbocycles. The van der Waals surface area contributed by atoms with Crippen LogP contribution in [0.3, 0.4) is 0 Å². The molecule has 0 unspecified atom stereocenters. The van der Waals surface area contributed by atoms with Gasteiger partial charge in [0.05, 0.1) is 11.3 Å². The molecule has 5 nitrogen and oxygen atoms in total. The van der Waals surface area contributed by atoms with Gasteiger partial charge in [-0.2, -0.15) is 4.31 Å². The average Bonchev–Trinajstić information content (AvgIpc) is 2.31. The van der Waals surface area contributed by atoms with E-state index in [1.54, 1.807) is 32.0 Å². The zero-order valence-electron chi connectivity index (χ0n) is 12.3. The van der Waals surface area contributed by atoms with Gasteiger partial charge in [0.25, 0.3) is 0 Å². The lowest BCUT2D eigenvalue weighted by Gasteiger charge is -2.25. The van der Waals surface area contributed by atoms with Crippen molar-refractivity contribution in [1.29, 1.82) is 0 Å². The molecular weight excluding hydrogens is 278 g/mol. The fourth-order valence-corrected chi connectivity index (χ4v) is 3.59. The van der Waals surface area contributed by atoms with E-state index in [0.717, 1.165) is 11.1 Å². The molecule has 1 N–H and O–H groups in total. The minimum Gasteiger partial charge on any atom is -0.481 e. The number of rotatable bonds is 6. The highest BCUT2D eigenvalue weighted by Gasteiger charge is 2.27. The minimum absolute atomic E-state index is 0.0255. The lowest BCUT2D eigenvalue weighted by molar-refractivity contribution is -0.137. The first kappa shape index (κ1) is 16.7. The molecule has 0 aromatic heterocycles. The Morgan fingerprint density at radius 3 is 2.30 bits per heavy atom. The third kappa shape index (κ3) is 3.80. The number of nitrogens with zero attached hydrogens (tertiary/aromatic N) is 1. The molecule has 0 amide bonds. The van der Waals surface area contributed by atoms with E-state index in [0.29, 0.717) is 0 Å². The SMILES string of the molecule is Cc1ccc(S(=O)(=O)N(CCC(=O)O)C(C)C)cc1C. The highest BCUT2D eigenvalue weighted by Crippen LogP contribution is 2.21. The third-order valence-electron chi connectivity index (χ3n) is 3.21. The first-order valence-corrected chi connectivity index (χ1v) is 7.91. The molecule has 0 saturated heterocycles. The Hall–Kier alpha value is -1.40. The van der Waals surface area contributed by atoms with Crippen molar-refractivity contribution in [3.05, 3.63) is 29.3 Å². The summed E-state index contributed by atoms with van der Waals surface area (Å²) in [5.41, 5.74) is 1.92. The number of aliphatic carboxylic acids is 1. The smallest absolute Gasteiger partial charge is 0.304 e. The van der Waals surface area contributed by atoms with Crippen molar-refractivity contribution >= 4 is 16.0 Å². The number of aryl methyl sites for hydroxylation is 2. The lowest BCUT2D eigenvalue weighted by Crippen LogP contribution is -2.38. The Kier molecular flexibility index (Phi) is 5.30. The quantitative estimate of drug-likeness (QED) is 0.873. The number of sulfonamides is 1. The molecule has 0 fully saturated rings. The second kappa shape index (κ2) is 6.37. The first-order chi connectivity index (χ1) is 9.16. The Morgan fingerprint density at radius 1 is 1.25 bits per heavy atom. The second-order valence-electron chi connectivity index (χ2n) is 5.10. The Balaban J connectivity index is 3.15. The van der Waals surface area contributed by atoms with E-state index in [1.807, 2.05) is 13.8 Å². The number of carboxylic acids is 1. The van der Waals surface area contributed by atoms with Gasteiger partial charge in [-0.05, 0) is 51.0 Å². The van der Waals surface area contributed by atoms with Crippen LogP contribution in [0.2, 0.25) is 0 Å². The predicted molar refractivity (Wildman–Crippen MR) is 77.2 cm³/mol. The standard InChI is InChI=1S/C14H21NO4S/c1-10(2)15(8-7-14(16)17)20(18,19)13-6-5-11(3)12(4)9-13/h5-6,9-10H,7-8H2,1-4H3,(H,16,17). The van der Waals surface area contributed by atoms with Crippen molar-refractivity contribution < 1.29 is 18.3 Å². The molecule has 0 saturated carbocycles. The topological polar surface area (TPSA) is 74.7 Å². The van der Waals surface area contributed by atoms with Crippen LogP contribution in [0.1, 0.15) is 31.4 Å². The van der Waals surface area contributed by atoms with Crippen LogP contribution in [0.5, 0.6) is 0 Å². The van der Waals surface area contributed by atoms with Gasteiger partial charge in [-0.25, -0.2) is 8.42 Å². The summed E-state index contributed by atoms with van der Waals surface area (Å²) < 4.78 is 26.4. The molecule has 1 rings (SSSR count). The average molecular weight is 299 g/mol. The molecule has 0 heterocycles. The summed E-state index contributed by atoms with van der Waals surface area (Å²) in [6.07, 6.45) is -0.206. The van der Waals surface area contributed by atoms with Gasteiger partial charge in [-0.3, -0.25) is 4.79 Å². The van der Waals surface area contributed by atoms with Crippen molar-refractivity contribution in [3.63, 3.8) is 0 Å². The summed E-state index contributed by atoms with van der Waals surface area (Å²) in [5, 5.41) is 8.74. The molecule has 0 aliphatic carbocycles. The monoisotopic (exact) mass is 299 g/mol. The van der Waals surface area contributed by atoms with Crippen LogP contribution >= 0.6 is 0 Å². The molecule has 0 bridgehead atoms. The summed E-state index contributed by atoms with van der Waals surface area (Å²) in [6.45, 7) is 7.21. The Morgan fingerprint density at radius 2 is 1.85 bits per heavy atom. The van der Waals surface area contributed by atoms with E-state index in [9.17, 15) is 13.2 Å². The second-order valence-corrected chi connectivity index (χ2v) is 6.99. The van der Waals surface area contributed by atoms with Gasteiger partial charge in [-0.1, -0.05) is 6.07 Å². The summed E-state index contributed by atoms with van der Waals surface area (Å²) in [5.74, 6) is -1.01. The van der Waals surface area contributed by atoms with Crippen LogP contribution in [0, 0.1) is 13.8 Å². The minimum atomic E-state index is -3.67. The van der Waals surface area contributed by atoms with Crippen molar-refractivity contribution in [2.75, 3.05) is 6.54 Å². The number of benzene rings is 1. The molecule has 0 aliphatic rings. The zero-order valence-corrected chi connectivity index (χ0v) is 13.1. The normalized spacial score (nSPS) is 12.1. The summed E-state index contributed by atoms with van der Waals surface area (Å²) in [6, 6.07) is 4.66. The Bertz CT molecular complexity index is 593. The van der Waals surface area contributed by atoms with Crippen molar-refractivity contribution in [2.45, 2.75) is 45.1 Å². The molecule has 0 spiro atoms. The third-order valence-corrected chi connectivity index (χ3v) is 5.28. The van der Waals surface area contributed by atoms with Crippen LogP contribution in [0.15, 0.2) is 23.1 Å². The van der Waals surface area contributed by atoms with Gasteiger partial charge < -0.3 is 5.11 Å². The number of carbonyl (C=O) groups is 1. The predicted octanol–water partition coefficient (Wildman–Crippen LogP) is 2.18. The zero-order chi connectivity index (χ0) is 15.5. The maximum absolute atomic E-state index is 12.6. The van der Waals surface area contributed by atoms with Gasteiger partial charge in [0.15, 0.2) is 0 Å². The molecule has 0 radical (unpaired) electrons. The fraction of sp³-hybridized carbons (Fsp3) is 0.500. The Labute approximate surface area is 120 Å². The van der Waals surface area contributed by atoms with Crippen LogP contribution in [0.25, 0.3) is 0 Å². The molecule has 0 atom stereocenters. The van der Waals surface area contributed by atoms with Crippen LogP contribution in [-0.2, 0) is 14.8 Å². The molecule has 1 aromatic rings. The highest BCUT2D eigenvalue weighted by atomic mass is 32.2. The first-order valence-electron chi connectivity index (χ1n) is 6.47. The molecular formula is C14H21NO4S. The highest BCUT2D eigenvalue weighted by molar-refractivity contribution is 7.89. The maximum Gasteiger partial charge on any atom is 0.304 e.